The van der Waals surface area contributed by atoms with Gasteiger partial charge < -0.3 is 9.80 Å². The van der Waals surface area contributed by atoms with Crippen LogP contribution in [0.5, 0.6) is 0 Å². The number of carbonyl (C=O) groups excluding carboxylic acids is 1. The van der Waals surface area contributed by atoms with Gasteiger partial charge in [-0.15, -0.1) is 0 Å². The number of carbonyl (C=O) groups is 1. The van der Waals surface area contributed by atoms with Crippen molar-refractivity contribution in [1.29, 1.82) is 0 Å². The third-order valence-corrected chi connectivity index (χ3v) is 7.56. The Balaban J connectivity index is 1.26. The summed E-state index contributed by atoms with van der Waals surface area (Å²) >= 11 is 0. The van der Waals surface area contributed by atoms with Crippen molar-refractivity contribution in [3.05, 3.63) is 65.5 Å². The molecule has 172 valence electrons. The lowest BCUT2D eigenvalue weighted by molar-refractivity contribution is -0.134. The Bertz CT molecular complexity index is 839. The van der Waals surface area contributed by atoms with E-state index in [1.54, 1.807) is 6.20 Å². The summed E-state index contributed by atoms with van der Waals surface area (Å²) in [5, 5.41) is 0. The molecule has 2 fully saturated rings. The van der Waals surface area contributed by atoms with E-state index >= 15 is 0 Å². The molecule has 4 rings (SSSR count). The number of amides is 1. The molecule has 1 aromatic carbocycles. The molecule has 1 aliphatic heterocycles. The Morgan fingerprint density at radius 2 is 1.81 bits per heavy atom. The number of aryl methyl sites for hydroxylation is 2. The second kappa shape index (κ2) is 11.6. The summed E-state index contributed by atoms with van der Waals surface area (Å²) in [6, 6.07) is 13.3. The van der Waals surface area contributed by atoms with Gasteiger partial charge in [0, 0.05) is 37.9 Å². The monoisotopic (exact) mass is 433 g/mol. The molecule has 1 aromatic heterocycles. The molecule has 2 aromatic rings. The molecule has 2 heterocycles. The number of hydrogen-bond donors (Lipinski definition) is 0. The van der Waals surface area contributed by atoms with E-state index in [0.717, 1.165) is 31.5 Å². The summed E-state index contributed by atoms with van der Waals surface area (Å²) in [7, 11) is 0. The number of rotatable bonds is 9. The number of hydrogen-bond acceptors (Lipinski definition) is 3. The second-order valence-electron chi connectivity index (χ2n) is 9.81. The standard InChI is InChI=1S/C28H39N3O/c1-23-7-2-3-9-26(23)16-20-30-18-14-25(15-19-30)22-31(27-10-4-5-11-27)28(32)13-12-24-8-6-17-29-21-24/h2-3,6-9,17,21,25,27H,4-5,10-16,18-20,22H2,1H3. The molecule has 1 amide bonds. The molecular weight excluding hydrogens is 394 g/mol. The fourth-order valence-corrected chi connectivity index (χ4v) is 5.45. The minimum absolute atomic E-state index is 0.350. The maximum absolute atomic E-state index is 13.2. The zero-order chi connectivity index (χ0) is 22.2. The van der Waals surface area contributed by atoms with Crippen molar-refractivity contribution in [3.63, 3.8) is 0 Å². The Kier molecular flexibility index (Phi) is 8.33. The van der Waals surface area contributed by atoms with Crippen LogP contribution in [0.25, 0.3) is 0 Å². The van der Waals surface area contributed by atoms with Gasteiger partial charge in [-0.3, -0.25) is 9.78 Å². The number of nitrogens with zero attached hydrogens (tertiary/aromatic N) is 3. The zero-order valence-electron chi connectivity index (χ0n) is 19.7. The Hall–Kier alpha value is -2.20. The first-order chi connectivity index (χ1) is 15.7. The first-order valence-corrected chi connectivity index (χ1v) is 12.6. The zero-order valence-corrected chi connectivity index (χ0v) is 19.7. The van der Waals surface area contributed by atoms with Gasteiger partial charge in [-0.05, 0) is 87.2 Å². The van der Waals surface area contributed by atoms with Gasteiger partial charge in [0.1, 0.15) is 0 Å². The van der Waals surface area contributed by atoms with Crippen LogP contribution in [-0.2, 0) is 17.6 Å². The van der Waals surface area contributed by atoms with Gasteiger partial charge in [0.05, 0.1) is 0 Å². The second-order valence-corrected chi connectivity index (χ2v) is 9.81. The Morgan fingerprint density at radius 1 is 1.03 bits per heavy atom. The van der Waals surface area contributed by atoms with Crippen molar-refractivity contribution in [2.24, 2.45) is 5.92 Å². The molecule has 2 aliphatic rings. The molecule has 0 unspecified atom stereocenters. The molecule has 0 spiro atoms. The highest BCUT2D eigenvalue weighted by Crippen LogP contribution is 2.28. The van der Waals surface area contributed by atoms with Gasteiger partial charge in [-0.1, -0.05) is 43.2 Å². The molecule has 4 nitrogen and oxygen atoms in total. The lowest BCUT2D eigenvalue weighted by Gasteiger charge is -2.37. The lowest BCUT2D eigenvalue weighted by atomic mass is 9.94. The van der Waals surface area contributed by atoms with E-state index in [0.29, 0.717) is 24.3 Å². The fraction of sp³-hybridized carbons (Fsp3) is 0.571. The Labute approximate surface area is 194 Å². The van der Waals surface area contributed by atoms with Gasteiger partial charge in [-0.25, -0.2) is 0 Å². The maximum Gasteiger partial charge on any atom is 0.223 e. The summed E-state index contributed by atoms with van der Waals surface area (Å²) in [4.78, 5) is 22.3. The van der Waals surface area contributed by atoms with Gasteiger partial charge in [0.25, 0.3) is 0 Å². The van der Waals surface area contributed by atoms with Crippen LogP contribution >= 0.6 is 0 Å². The summed E-state index contributed by atoms with van der Waals surface area (Å²) < 4.78 is 0. The largest absolute Gasteiger partial charge is 0.339 e. The highest BCUT2D eigenvalue weighted by molar-refractivity contribution is 5.76. The quantitative estimate of drug-likeness (QED) is 0.555. The predicted molar refractivity (Wildman–Crippen MR) is 131 cm³/mol. The van der Waals surface area contributed by atoms with E-state index in [4.69, 9.17) is 0 Å². The van der Waals surface area contributed by atoms with Crippen LogP contribution < -0.4 is 0 Å². The number of benzene rings is 1. The molecule has 1 saturated carbocycles. The highest BCUT2D eigenvalue weighted by atomic mass is 16.2. The highest BCUT2D eigenvalue weighted by Gasteiger charge is 2.30. The van der Waals surface area contributed by atoms with Gasteiger partial charge in [0.15, 0.2) is 0 Å². The van der Waals surface area contributed by atoms with E-state index < -0.39 is 0 Å². The fourth-order valence-electron chi connectivity index (χ4n) is 5.45. The van der Waals surface area contributed by atoms with E-state index in [9.17, 15) is 4.79 Å². The molecule has 0 N–H and O–H groups in total. The number of aromatic nitrogens is 1. The maximum atomic E-state index is 13.2. The topological polar surface area (TPSA) is 36.4 Å². The lowest BCUT2D eigenvalue weighted by Crippen LogP contribution is -2.45. The minimum Gasteiger partial charge on any atom is -0.339 e. The van der Waals surface area contributed by atoms with Crippen molar-refractivity contribution in [2.45, 2.75) is 70.8 Å². The van der Waals surface area contributed by atoms with Crippen molar-refractivity contribution in [3.8, 4) is 0 Å². The van der Waals surface area contributed by atoms with Gasteiger partial charge in [-0.2, -0.15) is 0 Å². The molecule has 32 heavy (non-hydrogen) atoms. The summed E-state index contributed by atoms with van der Waals surface area (Å²) in [5.74, 6) is 0.996. The third kappa shape index (κ3) is 6.41. The van der Waals surface area contributed by atoms with Crippen LogP contribution in [-0.4, -0.2) is 52.9 Å². The third-order valence-electron chi connectivity index (χ3n) is 7.56. The summed E-state index contributed by atoms with van der Waals surface area (Å²) in [6.07, 6.45) is 13.6. The molecule has 0 bridgehead atoms. The van der Waals surface area contributed by atoms with Gasteiger partial charge >= 0.3 is 0 Å². The van der Waals surface area contributed by atoms with Crippen LogP contribution in [0.2, 0.25) is 0 Å². The average molecular weight is 434 g/mol. The van der Waals surface area contributed by atoms with Crippen LogP contribution in [0.15, 0.2) is 48.8 Å². The molecule has 1 saturated heterocycles. The normalized spacial score (nSPS) is 18.2. The first kappa shape index (κ1) is 23.0. The predicted octanol–water partition coefficient (Wildman–Crippen LogP) is 5.05. The minimum atomic E-state index is 0.350. The number of piperidine rings is 1. The summed E-state index contributed by atoms with van der Waals surface area (Å²) in [6.45, 7) is 6.65. The van der Waals surface area contributed by atoms with Crippen LogP contribution in [0.3, 0.4) is 0 Å². The van der Waals surface area contributed by atoms with Crippen molar-refractivity contribution in [1.82, 2.24) is 14.8 Å². The first-order valence-electron chi connectivity index (χ1n) is 12.6. The molecule has 4 heteroatoms. The van der Waals surface area contributed by atoms with E-state index in [1.807, 2.05) is 12.3 Å². The van der Waals surface area contributed by atoms with E-state index in [1.165, 1.54) is 62.7 Å². The smallest absolute Gasteiger partial charge is 0.223 e. The Morgan fingerprint density at radius 3 is 2.53 bits per heavy atom. The van der Waals surface area contributed by atoms with E-state index in [2.05, 4.69) is 52.0 Å². The summed E-state index contributed by atoms with van der Waals surface area (Å²) in [5.41, 5.74) is 4.04. The molecule has 1 aliphatic carbocycles. The molecule has 0 radical (unpaired) electrons. The van der Waals surface area contributed by atoms with Crippen molar-refractivity contribution in [2.75, 3.05) is 26.2 Å². The molecule has 0 atom stereocenters. The van der Waals surface area contributed by atoms with Crippen LogP contribution in [0, 0.1) is 12.8 Å². The van der Waals surface area contributed by atoms with Crippen LogP contribution in [0.1, 0.15) is 61.6 Å². The number of likely N-dealkylation sites (tertiary alicyclic amines) is 1. The number of pyridine rings is 1. The van der Waals surface area contributed by atoms with Crippen molar-refractivity contribution < 1.29 is 4.79 Å². The SMILES string of the molecule is Cc1ccccc1CCN1CCC(CN(C(=O)CCc2cccnc2)C2CCCC2)CC1. The molecular formula is C28H39N3O. The van der Waals surface area contributed by atoms with Gasteiger partial charge in [0.2, 0.25) is 5.91 Å². The average Bonchev–Trinajstić information content (AvgIpc) is 3.36. The van der Waals surface area contributed by atoms with Crippen LogP contribution in [0.4, 0.5) is 0 Å². The van der Waals surface area contributed by atoms with E-state index in [-0.39, 0.29) is 0 Å². The van der Waals surface area contributed by atoms with Crippen molar-refractivity contribution >= 4 is 5.91 Å².